The Kier molecular flexibility index (Phi) is 55.6. The number of hydrogen-bond acceptors (Lipinski definition) is 10. The summed E-state index contributed by atoms with van der Waals surface area (Å²) in [4.78, 5) is 26.6. The van der Waals surface area contributed by atoms with Crippen LogP contribution < -0.4 is 5.32 Å². The summed E-state index contributed by atoms with van der Waals surface area (Å²) >= 11 is 0. The molecule has 0 bridgehead atoms. The number of allylic oxidation sites excluding steroid dienone is 17. The van der Waals surface area contributed by atoms with Gasteiger partial charge in [-0.2, -0.15) is 0 Å². The van der Waals surface area contributed by atoms with Gasteiger partial charge < -0.3 is 45.1 Å². The van der Waals surface area contributed by atoms with Gasteiger partial charge in [0.1, 0.15) is 24.4 Å². The van der Waals surface area contributed by atoms with Crippen LogP contribution in [0.3, 0.4) is 0 Å². The van der Waals surface area contributed by atoms with Gasteiger partial charge in [-0.25, -0.2) is 0 Å². The van der Waals surface area contributed by atoms with Gasteiger partial charge in [-0.3, -0.25) is 9.59 Å². The zero-order valence-corrected chi connectivity index (χ0v) is 53.5. The van der Waals surface area contributed by atoms with Crippen molar-refractivity contribution in [1.82, 2.24) is 5.32 Å². The van der Waals surface area contributed by atoms with Gasteiger partial charge in [-0.05, 0) is 116 Å². The van der Waals surface area contributed by atoms with E-state index >= 15 is 0 Å². The van der Waals surface area contributed by atoms with Crippen LogP contribution in [0.2, 0.25) is 0 Å². The van der Waals surface area contributed by atoms with Crippen LogP contribution >= 0.6 is 0 Å². The number of amides is 1. The van der Waals surface area contributed by atoms with Gasteiger partial charge in [0.25, 0.3) is 0 Å². The van der Waals surface area contributed by atoms with Crippen molar-refractivity contribution < 1.29 is 49.3 Å². The van der Waals surface area contributed by atoms with Crippen molar-refractivity contribution in [3.63, 3.8) is 0 Å². The molecule has 0 aromatic carbocycles. The first-order valence-electron chi connectivity index (χ1n) is 34.2. The van der Waals surface area contributed by atoms with Gasteiger partial charge in [0, 0.05) is 6.42 Å². The average Bonchev–Trinajstić information content (AvgIpc) is 3.65. The Hall–Kier alpha value is -3.68. The second-order valence-electron chi connectivity index (χ2n) is 23.2. The van der Waals surface area contributed by atoms with E-state index in [1.54, 1.807) is 6.08 Å². The highest BCUT2D eigenvalue weighted by Crippen LogP contribution is 2.26. The predicted octanol–water partition coefficient (Wildman–Crippen LogP) is 17.2. The monoisotopic (exact) mass is 1180 g/mol. The van der Waals surface area contributed by atoms with E-state index in [0.29, 0.717) is 12.8 Å². The van der Waals surface area contributed by atoms with Gasteiger partial charge in [-0.1, -0.05) is 265 Å². The van der Waals surface area contributed by atoms with Gasteiger partial charge in [0.05, 0.1) is 25.4 Å². The Morgan fingerprint density at radius 3 is 1.25 bits per heavy atom. The molecule has 1 rings (SSSR count). The van der Waals surface area contributed by atoms with Crippen molar-refractivity contribution in [3.8, 4) is 0 Å². The smallest absolute Gasteiger partial charge is 0.306 e. The number of aliphatic hydroxyl groups is 5. The minimum Gasteiger partial charge on any atom is -0.454 e. The van der Waals surface area contributed by atoms with Crippen molar-refractivity contribution in [3.05, 3.63) is 109 Å². The third kappa shape index (κ3) is 46.5. The summed E-state index contributed by atoms with van der Waals surface area (Å²) in [7, 11) is 0. The Bertz CT molecular complexity index is 1780. The van der Waals surface area contributed by atoms with E-state index in [0.717, 1.165) is 135 Å². The quantitative estimate of drug-likeness (QED) is 0.0195. The van der Waals surface area contributed by atoms with Crippen LogP contribution in [-0.4, -0.2) is 99.6 Å². The van der Waals surface area contributed by atoms with Gasteiger partial charge in [0.2, 0.25) is 5.91 Å². The number of unbranched alkanes of at least 4 members (excludes halogenated alkanes) is 27. The van der Waals surface area contributed by atoms with Gasteiger partial charge in [0.15, 0.2) is 12.4 Å². The fraction of sp³-hybridized carbons (Fsp3) is 0.726. The fourth-order valence-electron chi connectivity index (χ4n) is 9.97. The number of nitrogens with one attached hydrogen (secondary N) is 1. The third-order valence-corrected chi connectivity index (χ3v) is 15.4. The molecule has 0 aromatic heterocycles. The molecule has 11 nitrogen and oxygen atoms in total. The van der Waals surface area contributed by atoms with Crippen LogP contribution in [-0.2, 0) is 23.8 Å². The molecule has 0 radical (unpaired) electrons. The van der Waals surface area contributed by atoms with Crippen LogP contribution in [0.25, 0.3) is 0 Å². The molecule has 84 heavy (non-hydrogen) atoms. The second-order valence-corrected chi connectivity index (χ2v) is 23.2. The van der Waals surface area contributed by atoms with Gasteiger partial charge >= 0.3 is 5.97 Å². The van der Waals surface area contributed by atoms with E-state index in [1.165, 1.54) is 96.3 Å². The predicted molar refractivity (Wildman–Crippen MR) is 351 cm³/mol. The minimum absolute atomic E-state index is 0.103. The van der Waals surface area contributed by atoms with E-state index in [-0.39, 0.29) is 19.4 Å². The molecule has 8 atom stereocenters. The van der Waals surface area contributed by atoms with Crippen LogP contribution in [0.4, 0.5) is 0 Å². The molecule has 0 aromatic rings. The van der Waals surface area contributed by atoms with Crippen molar-refractivity contribution in [2.24, 2.45) is 0 Å². The lowest BCUT2D eigenvalue weighted by molar-refractivity contribution is -0.305. The Balaban J connectivity index is 2.65. The molecule has 0 aliphatic carbocycles. The average molecular weight is 1180 g/mol. The summed E-state index contributed by atoms with van der Waals surface area (Å²) in [6, 6.07) is -1.04. The van der Waals surface area contributed by atoms with Crippen molar-refractivity contribution in [1.29, 1.82) is 0 Å². The summed E-state index contributed by atoms with van der Waals surface area (Å²) in [5, 5.41) is 57.1. The van der Waals surface area contributed by atoms with E-state index in [2.05, 4.69) is 123 Å². The first-order chi connectivity index (χ1) is 41.2. The number of esters is 1. The Morgan fingerprint density at radius 2 is 0.821 bits per heavy atom. The molecule has 1 heterocycles. The molecule has 6 N–H and O–H groups in total. The standard InChI is InChI=1S/C73H125NO10/c1-4-7-10-13-16-19-22-25-27-29-31-33-34-35-37-39-41-43-46-49-52-55-58-61-68(78)84-71-70(80)69(79)67(62-75)83-73(71)82-63-64(65(76)59-56-53-50-47-44-24-21-18-15-12-9-6-3)74-72(81)66(77)60-57-54-51-48-45-42-40-38-36-32-30-28-26-23-20-17-14-11-8-5-2/h16-17,19-20,25-28,31-33,35-37,40,42,56,59,64-67,69-71,73,75-77,79-80H,4-15,18,21-24,29-30,34,38-39,41,43-55,57-58,60-63H2,1-3H3,(H,74,81)/b19-16-,20-17-,27-25-,28-26-,33-31-,36-32-,37-35-,42-40-,59-56+. The molecular formula is C73H125NO10. The van der Waals surface area contributed by atoms with Crippen LogP contribution in [0.1, 0.15) is 278 Å². The summed E-state index contributed by atoms with van der Waals surface area (Å²) < 4.78 is 17.7. The van der Waals surface area contributed by atoms with Crippen molar-refractivity contribution >= 4 is 11.9 Å². The van der Waals surface area contributed by atoms with E-state index in [9.17, 15) is 35.1 Å². The maximum absolute atomic E-state index is 13.5. The highest BCUT2D eigenvalue weighted by atomic mass is 16.7. The number of hydrogen-bond donors (Lipinski definition) is 6. The van der Waals surface area contributed by atoms with Crippen LogP contribution in [0.15, 0.2) is 109 Å². The maximum atomic E-state index is 13.5. The molecule has 0 spiro atoms. The lowest BCUT2D eigenvalue weighted by atomic mass is 9.99. The SMILES string of the molecule is CCCCC/C=C\C/C=C\C/C=C\C/C=C\CCCCCCCCCC(=O)OC1C(OCC(NC(=O)C(O)CCCCCC/C=C\C/C=C\C/C=C\C/C=C\CCCCC)C(O)/C=C/CCCCCCCCCCCC)OC(CO)C(O)C1O. The summed E-state index contributed by atoms with van der Waals surface area (Å²) in [6.45, 7) is 5.72. The molecule has 11 heteroatoms. The zero-order chi connectivity index (χ0) is 61.0. The highest BCUT2D eigenvalue weighted by Gasteiger charge is 2.47. The number of carbonyl (C=O) groups is 2. The first kappa shape index (κ1) is 78.3. The van der Waals surface area contributed by atoms with Crippen LogP contribution in [0.5, 0.6) is 0 Å². The number of rotatable bonds is 57. The minimum atomic E-state index is -1.63. The van der Waals surface area contributed by atoms with E-state index in [1.807, 2.05) is 6.08 Å². The summed E-state index contributed by atoms with van der Waals surface area (Å²) in [5.41, 5.74) is 0. The number of ether oxygens (including phenoxy) is 3. The molecule has 0 saturated carbocycles. The normalized spacial score (nSPS) is 19.2. The topological polar surface area (TPSA) is 175 Å². The molecule has 482 valence electrons. The zero-order valence-electron chi connectivity index (χ0n) is 53.5. The Morgan fingerprint density at radius 1 is 0.464 bits per heavy atom. The molecule has 1 aliphatic rings. The summed E-state index contributed by atoms with van der Waals surface area (Å²) in [6.07, 6.45) is 71.1. The largest absolute Gasteiger partial charge is 0.454 e. The number of carbonyl (C=O) groups excluding carboxylic acids is 2. The summed E-state index contributed by atoms with van der Waals surface area (Å²) in [5.74, 6) is -1.23. The molecule has 1 aliphatic heterocycles. The molecule has 8 unspecified atom stereocenters. The maximum Gasteiger partial charge on any atom is 0.306 e. The first-order valence-corrected chi connectivity index (χ1v) is 34.2. The molecule has 1 fully saturated rings. The number of aliphatic hydroxyl groups excluding tert-OH is 5. The fourth-order valence-corrected chi connectivity index (χ4v) is 9.97. The Labute approximate surface area is 513 Å². The molecule has 1 saturated heterocycles. The van der Waals surface area contributed by atoms with E-state index < -0.39 is 67.4 Å². The molecule has 1 amide bonds. The van der Waals surface area contributed by atoms with Crippen LogP contribution in [0, 0.1) is 0 Å². The highest BCUT2D eigenvalue weighted by molar-refractivity contribution is 5.80. The van der Waals surface area contributed by atoms with E-state index in [4.69, 9.17) is 14.2 Å². The lowest BCUT2D eigenvalue weighted by Gasteiger charge is -2.41. The molecular weight excluding hydrogens is 1050 g/mol. The van der Waals surface area contributed by atoms with Crippen molar-refractivity contribution in [2.45, 2.75) is 327 Å². The van der Waals surface area contributed by atoms with Gasteiger partial charge in [-0.15, -0.1) is 0 Å². The lowest BCUT2D eigenvalue weighted by Crippen LogP contribution is -2.61. The third-order valence-electron chi connectivity index (χ3n) is 15.4. The second kappa shape index (κ2) is 59.6. The van der Waals surface area contributed by atoms with Crippen molar-refractivity contribution in [2.75, 3.05) is 13.2 Å².